The van der Waals surface area contributed by atoms with E-state index in [4.69, 9.17) is 5.10 Å². The van der Waals surface area contributed by atoms with Crippen molar-refractivity contribution >= 4 is 28.5 Å². The van der Waals surface area contributed by atoms with E-state index >= 15 is 0 Å². The van der Waals surface area contributed by atoms with Gasteiger partial charge >= 0.3 is 12.3 Å². The number of halogens is 3. The molecule has 1 aromatic carbocycles. The lowest BCUT2D eigenvalue weighted by Gasteiger charge is -2.41. The van der Waals surface area contributed by atoms with Gasteiger partial charge in [-0.05, 0) is 68.8 Å². The number of aromatic nitrogens is 3. The number of aromatic amines is 1. The SMILES string of the molecule is CCC1(n2nc(Nc3ccc(C4(C(F)(F)F)CCCCN4)cc3)c3c(=O)[nH]ccc32)CCN(C(=O)O)CC1. The fourth-order valence-electron chi connectivity index (χ4n) is 5.89. The van der Waals surface area contributed by atoms with E-state index in [1.165, 1.54) is 17.0 Å². The van der Waals surface area contributed by atoms with E-state index in [0.717, 1.165) is 0 Å². The van der Waals surface area contributed by atoms with Gasteiger partial charge in [0, 0.05) is 25.0 Å². The number of hydrogen-bond acceptors (Lipinski definition) is 5. The molecule has 9 nitrogen and oxygen atoms in total. The Bertz CT molecular complexity index is 1370. The van der Waals surface area contributed by atoms with E-state index in [-0.39, 0.29) is 17.5 Å². The van der Waals surface area contributed by atoms with E-state index in [2.05, 4.69) is 15.6 Å². The summed E-state index contributed by atoms with van der Waals surface area (Å²) in [5.41, 5.74) is -1.63. The highest BCUT2D eigenvalue weighted by Crippen LogP contribution is 2.45. The Morgan fingerprint density at radius 1 is 1.13 bits per heavy atom. The minimum absolute atomic E-state index is 0.0217. The van der Waals surface area contributed by atoms with Gasteiger partial charge in [0.2, 0.25) is 0 Å². The van der Waals surface area contributed by atoms with Gasteiger partial charge in [-0.25, -0.2) is 4.79 Å². The van der Waals surface area contributed by atoms with Crippen molar-refractivity contribution in [3.63, 3.8) is 0 Å². The van der Waals surface area contributed by atoms with Gasteiger partial charge < -0.3 is 20.3 Å². The maximum absolute atomic E-state index is 14.1. The van der Waals surface area contributed by atoms with Crippen molar-refractivity contribution in [1.29, 1.82) is 0 Å². The minimum atomic E-state index is -4.44. The Balaban J connectivity index is 1.49. The molecule has 0 saturated carbocycles. The van der Waals surface area contributed by atoms with Crippen LogP contribution in [0.3, 0.4) is 0 Å². The van der Waals surface area contributed by atoms with Crippen LogP contribution in [0.25, 0.3) is 10.9 Å². The number of H-pyrrole nitrogens is 1. The zero-order valence-corrected chi connectivity index (χ0v) is 21.1. The minimum Gasteiger partial charge on any atom is -0.465 e. The Morgan fingerprint density at radius 2 is 1.84 bits per heavy atom. The molecular weight excluding hydrogens is 501 g/mol. The first-order valence-corrected chi connectivity index (χ1v) is 12.9. The molecule has 4 heterocycles. The Morgan fingerprint density at radius 3 is 2.42 bits per heavy atom. The maximum atomic E-state index is 14.1. The van der Waals surface area contributed by atoms with Gasteiger partial charge in [-0.15, -0.1) is 0 Å². The van der Waals surface area contributed by atoms with E-state index in [0.29, 0.717) is 74.1 Å². The summed E-state index contributed by atoms with van der Waals surface area (Å²) in [5, 5.41) is 20.3. The highest BCUT2D eigenvalue weighted by Gasteiger charge is 2.56. The van der Waals surface area contributed by atoms with Crippen LogP contribution in [0, 0.1) is 0 Å². The average molecular weight is 533 g/mol. The normalized spacial score (nSPS) is 21.9. The monoisotopic (exact) mass is 532 g/mol. The first-order valence-electron chi connectivity index (χ1n) is 12.9. The van der Waals surface area contributed by atoms with Crippen molar-refractivity contribution in [3.05, 3.63) is 52.4 Å². The van der Waals surface area contributed by atoms with Gasteiger partial charge in [0.05, 0.1) is 11.1 Å². The first-order chi connectivity index (χ1) is 18.1. The molecule has 2 aliphatic rings. The predicted molar refractivity (Wildman–Crippen MR) is 137 cm³/mol. The summed E-state index contributed by atoms with van der Waals surface area (Å²) in [5.74, 6) is 0.296. The number of likely N-dealkylation sites (tertiary alicyclic amines) is 1. The molecule has 2 saturated heterocycles. The molecule has 4 N–H and O–H groups in total. The van der Waals surface area contributed by atoms with Crippen LogP contribution in [-0.4, -0.2) is 56.7 Å². The topological polar surface area (TPSA) is 115 Å². The summed E-state index contributed by atoms with van der Waals surface area (Å²) in [6.07, 6.45) is -0.910. The number of pyridine rings is 1. The average Bonchev–Trinajstić information content (AvgIpc) is 3.29. The van der Waals surface area contributed by atoms with Crippen LogP contribution in [0.5, 0.6) is 0 Å². The van der Waals surface area contributed by atoms with Crippen molar-refractivity contribution in [2.24, 2.45) is 0 Å². The number of fused-ring (bicyclic) bond motifs is 1. The molecule has 2 aliphatic heterocycles. The first kappa shape index (κ1) is 26.1. The molecule has 3 aromatic rings. The van der Waals surface area contributed by atoms with Crippen LogP contribution in [-0.2, 0) is 11.1 Å². The van der Waals surface area contributed by atoms with Gasteiger partial charge in [0.1, 0.15) is 10.9 Å². The fraction of sp³-hybridized carbons (Fsp3) is 0.500. The summed E-state index contributed by atoms with van der Waals surface area (Å²) in [4.78, 5) is 28.4. The maximum Gasteiger partial charge on any atom is 0.410 e. The molecule has 1 unspecified atom stereocenters. The van der Waals surface area contributed by atoms with Crippen molar-refractivity contribution in [2.45, 2.75) is 62.7 Å². The van der Waals surface area contributed by atoms with Gasteiger partial charge in [-0.2, -0.15) is 18.3 Å². The van der Waals surface area contributed by atoms with Crippen LogP contribution in [0.1, 0.15) is 51.0 Å². The van der Waals surface area contributed by atoms with Crippen molar-refractivity contribution in [1.82, 2.24) is 25.0 Å². The second kappa shape index (κ2) is 9.64. The summed E-state index contributed by atoms with van der Waals surface area (Å²) in [6.45, 7) is 3.02. The molecule has 38 heavy (non-hydrogen) atoms. The third-order valence-corrected chi connectivity index (χ3v) is 8.21. The van der Waals surface area contributed by atoms with Gasteiger partial charge in [0.25, 0.3) is 5.56 Å². The molecule has 5 rings (SSSR count). The number of amides is 1. The number of rotatable bonds is 5. The lowest BCUT2D eigenvalue weighted by molar-refractivity contribution is -0.207. The number of carbonyl (C=O) groups is 1. The van der Waals surface area contributed by atoms with Gasteiger partial charge in [-0.3, -0.25) is 14.8 Å². The molecule has 2 fully saturated rings. The molecule has 0 aliphatic carbocycles. The molecule has 0 radical (unpaired) electrons. The Labute approximate surface area is 217 Å². The zero-order valence-electron chi connectivity index (χ0n) is 21.1. The number of alkyl halides is 3. The molecule has 204 valence electrons. The van der Waals surface area contributed by atoms with E-state index in [1.807, 2.05) is 11.6 Å². The number of benzene rings is 1. The Kier molecular flexibility index (Phi) is 6.62. The van der Waals surface area contributed by atoms with Crippen molar-refractivity contribution < 1.29 is 23.1 Å². The highest BCUT2D eigenvalue weighted by atomic mass is 19.4. The number of piperidine rings is 2. The second-order valence-corrected chi connectivity index (χ2v) is 10.2. The molecule has 12 heteroatoms. The third kappa shape index (κ3) is 4.30. The van der Waals surface area contributed by atoms with Crippen LogP contribution < -0.4 is 16.2 Å². The molecule has 1 atom stereocenters. The lowest BCUT2D eigenvalue weighted by atomic mass is 9.81. The largest absolute Gasteiger partial charge is 0.465 e. The summed E-state index contributed by atoms with van der Waals surface area (Å²) >= 11 is 0. The standard InChI is InChI=1S/C26H31F3N6O3/c1-2-24(11-15-34(16-12-24)23(37)38)35-19-9-14-30-22(36)20(19)21(33-35)32-18-7-5-17(6-8-18)25(26(27,28)29)10-3-4-13-31-25/h5-9,14,31H,2-4,10-13,15-16H2,1H3,(H,30,36)(H,32,33)(H,37,38). The molecule has 0 bridgehead atoms. The van der Waals surface area contributed by atoms with Crippen LogP contribution in [0.15, 0.2) is 41.3 Å². The van der Waals surface area contributed by atoms with E-state index in [1.54, 1.807) is 24.4 Å². The number of nitrogens with zero attached hydrogens (tertiary/aromatic N) is 3. The third-order valence-electron chi connectivity index (χ3n) is 8.21. The molecule has 2 aromatic heterocycles. The van der Waals surface area contributed by atoms with Gasteiger partial charge in [-0.1, -0.05) is 19.1 Å². The lowest BCUT2D eigenvalue weighted by Crippen LogP contribution is -2.56. The summed E-state index contributed by atoms with van der Waals surface area (Å²) < 4.78 is 44.1. The summed E-state index contributed by atoms with van der Waals surface area (Å²) in [6, 6.07) is 7.84. The number of nitrogens with one attached hydrogen (secondary N) is 3. The van der Waals surface area contributed by atoms with E-state index in [9.17, 15) is 27.9 Å². The number of anilines is 2. The Hall–Kier alpha value is -3.54. The smallest absolute Gasteiger partial charge is 0.410 e. The molecule has 0 spiro atoms. The van der Waals surface area contributed by atoms with Gasteiger partial charge in [0.15, 0.2) is 5.82 Å². The number of hydrogen-bond donors (Lipinski definition) is 4. The highest BCUT2D eigenvalue weighted by molar-refractivity contribution is 5.91. The van der Waals surface area contributed by atoms with Crippen LogP contribution >= 0.6 is 0 Å². The van der Waals surface area contributed by atoms with Crippen molar-refractivity contribution in [3.8, 4) is 0 Å². The molecular formula is C26H31F3N6O3. The van der Waals surface area contributed by atoms with E-state index < -0.39 is 23.3 Å². The fourth-order valence-corrected chi connectivity index (χ4v) is 5.89. The van der Waals surface area contributed by atoms with Crippen LogP contribution in [0.4, 0.5) is 29.5 Å². The number of carboxylic acid groups (broad SMARTS) is 1. The summed E-state index contributed by atoms with van der Waals surface area (Å²) in [7, 11) is 0. The zero-order chi connectivity index (χ0) is 27.1. The quantitative estimate of drug-likeness (QED) is 0.373. The van der Waals surface area contributed by atoms with Crippen molar-refractivity contribution in [2.75, 3.05) is 25.0 Å². The second-order valence-electron chi connectivity index (χ2n) is 10.2. The predicted octanol–water partition coefficient (Wildman–Crippen LogP) is 4.88. The molecule has 1 amide bonds. The van der Waals surface area contributed by atoms with Crippen LogP contribution in [0.2, 0.25) is 0 Å².